The summed E-state index contributed by atoms with van der Waals surface area (Å²) in [6.07, 6.45) is 1.69. The summed E-state index contributed by atoms with van der Waals surface area (Å²) in [6, 6.07) is 10.4. The smallest absolute Gasteiger partial charge is 0.226 e. The van der Waals surface area contributed by atoms with Crippen molar-refractivity contribution in [2.24, 2.45) is 4.99 Å². The molecule has 1 aromatic carbocycles. The maximum atomic E-state index is 5.24. The molecule has 0 radical (unpaired) electrons. The monoisotopic (exact) mass is 489 g/mol. The second-order valence-electron chi connectivity index (χ2n) is 5.89. The largest absolute Gasteiger partial charge is 0.356 e. The molecular formula is C18H28IN5OS. The lowest BCUT2D eigenvalue weighted by Crippen LogP contribution is -2.38. The molecule has 26 heavy (non-hydrogen) atoms. The van der Waals surface area contributed by atoms with Crippen LogP contribution < -0.4 is 10.6 Å². The second-order valence-corrected chi connectivity index (χ2v) is 7.06. The SMILES string of the molecule is CN=C(NCCCc1nc(C(C)C)no1)NCCSc1ccccc1.I. The Morgan fingerprint density at radius 3 is 2.58 bits per heavy atom. The van der Waals surface area contributed by atoms with Crippen molar-refractivity contribution in [2.75, 3.05) is 25.9 Å². The number of aryl methyl sites for hydroxylation is 1. The van der Waals surface area contributed by atoms with Crippen LogP contribution in [0.3, 0.4) is 0 Å². The molecule has 0 aliphatic heterocycles. The average molecular weight is 489 g/mol. The van der Waals surface area contributed by atoms with Gasteiger partial charge in [0.05, 0.1) is 0 Å². The van der Waals surface area contributed by atoms with Crippen molar-refractivity contribution in [1.82, 2.24) is 20.8 Å². The van der Waals surface area contributed by atoms with Gasteiger partial charge in [-0.2, -0.15) is 4.98 Å². The number of rotatable bonds is 9. The minimum absolute atomic E-state index is 0. The van der Waals surface area contributed by atoms with Crippen LogP contribution in [0, 0.1) is 0 Å². The highest BCUT2D eigenvalue weighted by Crippen LogP contribution is 2.15. The van der Waals surface area contributed by atoms with Crippen LogP contribution in [0.4, 0.5) is 0 Å². The Hall–Kier alpha value is -1.29. The second kappa shape index (κ2) is 13.0. The van der Waals surface area contributed by atoms with E-state index in [0.717, 1.165) is 43.5 Å². The number of hydrogen-bond donors (Lipinski definition) is 2. The molecule has 0 aliphatic rings. The van der Waals surface area contributed by atoms with Crippen molar-refractivity contribution in [2.45, 2.75) is 37.5 Å². The standard InChI is InChI=1S/C18H27N5OS.HI/c1-14(2)17-22-16(24-23-17)10-7-11-20-18(19-3)21-12-13-25-15-8-5-4-6-9-15;/h4-6,8-9,14H,7,10-13H2,1-3H3,(H2,19,20,21);1H. The topological polar surface area (TPSA) is 75.3 Å². The van der Waals surface area contributed by atoms with Crippen LogP contribution in [-0.2, 0) is 6.42 Å². The summed E-state index contributed by atoms with van der Waals surface area (Å²) in [7, 11) is 1.78. The molecule has 2 N–H and O–H groups in total. The molecule has 6 nitrogen and oxygen atoms in total. The van der Waals surface area contributed by atoms with Crippen LogP contribution >= 0.6 is 35.7 Å². The van der Waals surface area contributed by atoms with Crippen molar-refractivity contribution < 1.29 is 4.52 Å². The summed E-state index contributed by atoms with van der Waals surface area (Å²) in [5, 5.41) is 10.6. The van der Waals surface area contributed by atoms with Gasteiger partial charge in [0.25, 0.3) is 0 Å². The molecule has 1 heterocycles. The number of thioether (sulfide) groups is 1. The van der Waals surface area contributed by atoms with Gasteiger partial charge in [0.1, 0.15) is 0 Å². The van der Waals surface area contributed by atoms with Crippen LogP contribution in [0.25, 0.3) is 0 Å². The highest BCUT2D eigenvalue weighted by Gasteiger charge is 2.09. The normalized spacial score (nSPS) is 11.3. The zero-order chi connectivity index (χ0) is 17.9. The number of aromatic nitrogens is 2. The Morgan fingerprint density at radius 1 is 1.19 bits per heavy atom. The predicted molar refractivity (Wildman–Crippen MR) is 119 cm³/mol. The van der Waals surface area contributed by atoms with Gasteiger partial charge in [0.15, 0.2) is 11.8 Å². The third-order valence-electron chi connectivity index (χ3n) is 3.49. The predicted octanol–water partition coefficient (Wildman–Crippen LogP) is 3.70. The summed E-state index contributed by atoms with van der Waals surface area (Å²) in [5.74, 6) is 3.59. The van der Waals surface area contributed by atoms with Crippen LogP contribution in [0.1, 0.15) is 37.9 Å². The van der Waals surface area contributed by atoms with Crippen molar-refractivity contribution >= 4 is 41.7 Å². The number of hydrogen-bond acceptors (Lipinski definition) is 5. The molecule has 0 spiro atoms. The maximum Gasteiger partial charge on any atom is 0.226 e. The van der Waals surface area contributed by atoms with Crippen LogP contribution in [0.2, 0.25) is 0 Å². The summed E-state index contributed by atoms with van der Waals surface area (Å²) >= 11 is 1.83. The molecule has 0 aliphatic carbocycles. The van der Waals surface area contributed by atoms with Gasteiger partial charge < -0.3 is 15.2 Å². The van der Waals surface area contributed by atoms with E-state index in [2.05, 4.69) is 63.9 Å². The van der Waals surface area contributed by atoms with E-state index in [1.807, 2.05) is 17.8 Å². The van der Waals surface area contributed by atoms with Gasteiger partial charge in [0.2, 0.25) is 5.89 Å². The first-order valence-corrected chi connectivity index (χ1v) is 9.62. The van der Waals surface area contributed by atoms with Gasteiger partial charge in [-0.05, 0) is 18.6 Å². The Morgan fingerprint density at radius 2 is 1.92 bits per heavy atom. The minimum atomic E-state index is 0. The zero-order valence-corrected chi connectivity index (χ0v) is 18.7. The van der Waals surface area contributed by atoms with Crippen molar-refractivity contribution in [1.29, 1.82) is 0 Å². The summed E-state index contributed by atoms with van der Waals surface area (Å²) < 4.78 is 5.24. The van der Waals surface area contributed by atoms with E-state index in [0.29, 0.717) is 11.8 Å². The van der Waals surface area contributed by atoms with Gasteiger partial charge in [0, 0.05) is 43.1 Å². The quantitative estimate of drug-likeness (QED) is 0.184. The highest BCUT2D eigenvalue weighted by molar-refractivity contribution is 14.0. The molecule has 0 bridgehead atoms. The van der Waals surface area contributed by atoms with E-state index >= 15 is 0 Å². The van der Waals surface area contributed by atoms with Gasteiger partial charge in [-0.3, -0.25) is 4.99 Å². The Kier molecular flexibility index (Phi) is 11.3. The van der Waals surface area contributed by atoms with Gasteiger partial charge >= 0.3 is 0 Å². The molecule has 0 amide bonds. The summed E-state index contributed by atoms with van der Waals surface area (Å²) in [4.78, 5) is 9.90. The van der Waals surface area contributed by atoms with Crippen molar-refractivity contribution in [3.05, 3.63) is 42.0 Å². The number of benzene rings is 1. The number of guanidine groups is 1. The van der Waals surface area contributed by atoms with E-state index in [-0.39, 0.29) is 24.0 Å². The molecular weight excluding hydrogens is 461 g/mol. The van der Waals surface area contributed by atoms with Crippen molar-refractivity contribution in [3.63, 3.8) is 0 Å². The van der Waals surface area contributed by atoms with Crippen molar-refractivity contribution in [3.8, 4) is 0 Å². The number of aliphatic imine (C=N–C) groups is 1. The lowest BCUT2D eigenvalue weighted by Gasteiger charge is -2.11. The molecule has 0 fully saturated rings. The molecule has 0 atom stereocenters. The van der Waals surface area contributed by atoms with Crippen LogP contribution in [0.5, 0.6) is 0 Å². The van der Waals surface area contributed by atoms with E-state index in [4.69, 9.17) is 4.52 Å². The van der Waals surface area contributed by atoms with Crippen LogP contribution in [0.15, 0.2) is 44.7 Å². The third kappa shape index (κ3) is 8.39. The fourth-order valence-electron chi connectivity index (χ4n) is 2.13. The average Bonchev–Trinajstić information content (AvgIpc) is 3.10. The van der Waals surface area contributed by atoms with E-state index in [9.17, 15) is 0 Å². The maximum absolute atomic E-state index is 5.24. The summed E-state index contributed by atoms with van der Waals surface area (Å²) in [6.45, 7) is 5.79. The number of nitrogens with one attached hydrogen (secondary N) is 2. The highest BCUT2D eigenvalue weighted by atomic mass is 127. The Balaban J connectivity index is 0.00000338. The minimum Gasteiger partial charge on any atom is -0.356 e. The molecule has 2 aromatic rings. The molecule has 0 unspecified atom stereocenters. The van der Waals surface area contributed by atoms with Gasteiger partial charge in [-0.1, -0.05) is 37.2 Å². The summed E-state index contributed by atoms with van der Waals surface area (Å²) in [5.41, 5.74) is 0. The zero-order valence-electron chi connectivity index (χ0n) is 15.6. The molecule has 1 aromatic heterocycles. The van der Waals surface area contributed by atoms with E-state index in [1.54, 1.807) is 7.05 Å². The fourth-order valence-corrected chi connectivity index (χ4v) is 2.92. The molecule has 0 saturated heterocycles. The molecule has 144 valence electrons. The Labute approximate surface area is 177 Å². The Bertz CT molecular complexity index is 648. The lowest BCUT2D eigenvalue weighted by atomic mass is 10.2. The van der Waals surface area contributed by atoms with E-state index < -0.39 is 0 Å². The number of nitrogens with zero attached hydrogens (tertiary/aromatic N) is 3. The first kappa shape index (κ1) is 22.8. The first-order chi connectivity index (χ1) is 12.2. The molecule has 0 saturated carbocycles. The van der Waals surface area contributed by atoms with Crippen LogP contribution in [-0.4, -0.2) is 42.0 Å². The first-order valence-electron chi connectivity index (χ1n) is 8.64. The molecule has 8 heteroatoms. The molecule has 2 rings (SSSR count). The number of halogens is 1. The lowest BCUT2D eigenvalue weighted by molar-refractivity contribution is 0.368. The van der Waals surface area contributed by atoms with Gasteiger partial charge in [-0.25, -0.2) is 0 Å². The fraction of sp³-hybridized carbons (Fsp3) is 0.500. The van der Waals surface area contributed by atoms with E-state index in [1.165, 1.54) is 4.90 Å². The third-order valence-corrected chi connectivity index (χ3v) is 4.50. The van der Waals surface area contributed by atoms with Gasteiger partial charge in [-0.15, -0.1) is 35.7 Å².